The Labute approximate surface area is 120 Å². The summed E-state index contributed by atoms with van der Waals surface area (Å²) >= 11 is 5.86. The van der Waals surface area contributed by atoms with E-state index in [9.17, 15) is 15.0 Å². The van der Waals surface area contributed by atoms with E-state index < -0.39 is 6.10 Å². The van der Waals surface area contributed by atoms with Crippen molar-refractivity contribution in [1.29, 1.82) is 0 Å². The van der Waals surface area contributed by atoms with Crippen LogP contribution < -0.4 is 4.74 Å². The summed E-state index contributed by atoms with van der Waals surface area (Å²) in [7, 11) is 0. The first-order chi connectivity index (χ1) is 9.56. The van der Waals surface area contributed by atoms with Crippen LogP contribution in [0.15, 0.2) is 36.4 Å². The van der Waals surface area contributed by atoms with Crippen molar-refractivity contribution < 1.29 is 19.7 Å². The third kappa shape index (κ3) is 2.08. The quantitative estimate of drug-likeness (QED) is 0.844. The van der Waals surface area contributed by atoms with Gasteiger partial charge in [0, 0.05) is 0 Å². The Bertz CT molecular complexity index is 696. The number of Topliss-reactive ketones (excluding diaryl/α,β-unsaturated/α-hetero) is 1. The standard InChI is InChI=1S/C15H11ClO4/c16-9-6-8(4-5-10(9)17)14-7-12(19)15-11(18)2-1-3-13(15)20-14/h1-6,14,17-18H,7H2. The van der Waals surface area contributed by atoms with Crippen LogP contribution in [0.5, 0.6) is 17.2 Å². The van der Waals surface area contributed by atoms with Crippen molar-refractivity contribution in [3.05, 3.63) is 52.5 Å². The lowest BCUT2D eigenvalue weighted by atomic mass is 9.95. The largest absolute Gasteiger partial charge is 0.507 e. The van der Waals surface area contributed by atoms with Gasteiger partial charge in [-0.2, -0.15) is 0 Å². The van der Waals surface area contributed by atoms with E-state index in [2.05, 4.69) is 0 Å². The number of phenolic OH excluding ortho intramolecular Hbond substituents is 2. The summed E-state index contributed by atoms with van der Waals surface area (Å²) in [6.45, 7) is 0. The Kier molecular flexibility index (Phi) is 3.03. The normalized spacial score (nSPS) is 17.4. The van der Waals surface area contributed by atoms with E-state index in [-0.39, 0.29) is 34.3 Å². The van der Waals surface area contributed by atoms with Gasteiger partial charge in [-0.3, -0.25) is 4.79 Å². The highest BCUT2D eigenvalue weighted by Gasteiger charge is 2.30. The van der Waals surface area contributed by atoms with Crippen LogP contribution in [0.3, 0.4) is 0 Å². The molecule has 0 aromatic heterocycles. The van der Waals surface area contributed by atoms with E-state index in [4.69, 9.17) is 16.3 Å². The maximum atomic E-state index is 12.1. The SMILES string of the molecule is O=C1CC(c2ccc(O)c(Cl)c2)Oc2cccc(O)c21. The van der Waals surface area contributed by atoms with E-state index in [1.54, 1.807) is 24.3 Å². The molecule has 0 bridgehead atoms. The predicted octanol–water partition coefficient (Wildman–Crippen LogP) is 3.46. The van der Waals surface area contributed by atoms with Gasteiger partial charge in [-0.1, -0.05) is 23.7 Å². The Morgan fingerprint density at radius 1 is 1.15 bits per heavy atom. The number of aromatic hydroxyl groups is 2. The zero-order valence-electron chi connectivity index (χ0n) is 10.3. The van der Waals surface area contributed by atoms with Crippen LogP contribution in [0.25, 0.3) is 0 Å². The molecule has 1 heterocycles. The number of fused-ring (bicyclic) bond motifs is 1. The van der Waals surface area contributed by atoms with Gasteiger partial charge in [-0.15, -0.1) is 0 Å². The molecular formula is C15H11ClO4. The van der Waals surface area contributed by atoms with Gasteiger partial charge in [-0.25, -0.2) is 0 Å². The monoisotopic (exact) mass is 290 g/mol. The topological polar surface area (TPSA) is 66.8 Å². The second-order valence-electron chi connectivity index (χ2n) is 4.59. The summed E-state index contributed by atoms with van der Waals surface area (Å²) in [6, 6.07) is 9.41. The van der Waals surface area contributed by atoms with Crippen LogP contribution in [-0.4, -0.2) is 16.0 Å². The molecule has 1 atom stereocenters. The molecule has 1 unspecified atom stereocenters. The first kappa shape index (κ1) is 12.8. The maximum Gasteiger partial charge on any atom is 0.174 e. The molecule has 0 saturated heterocycles. The zero-order chi connectivity index (χ0) is 14.3. The van der Waals surface area contributed by atoms with E-state index >= 15 is 0 Å². The molecule has 1 aliphatic rings. The van der Waals surface area contributed by atoms with Gasteiger partial charge < -0.3 is 14.9 Å². The Hall–Kier alpha value is -2.20. The molecule has 0 fully saturated rings. The number of hydrogen-bond donors (Lipinski definition) is 2. The average molecular weight is 291 g/mol. The summed E-state index contributed by atoms with van der Waals surface area (Å²) in [5, 5.41) is 19.3. The fourth-order valence-electron chi connectivity index (χ4n) is 2.27. The number of carbonyl (C=O) groups excluding carboxylic acids is 1. The molecule has 2 aromatic carbocycles. The molecule has 3 rings (SSSR count). The van der Waals surface area contributed by atoms with Crippen LogP contribution in [0.2, 0.25) is 5.02 Å². The van der Waals surface area contributed by atoms with Gasteiger partial charge in [0.05, 0.1) is 11.4 Å². The van der Waals surface area contributed by atoms with E-state index in [1.165, 1.54) is 12.1 Å². The second-order valence-corrected chi connectivity index (χ2v) is 5.00. The molecule has 0 aliphatic carbocycles. The van der Waals surface area contributed by atoms with Gasteiger partial charge in [0.1, 0.15) is 28.9 Å². The summed E-state index contributed by atoms with van der Waals surface area (Å²) < 4.78 is 5.74. The van der Waals surface area contributed by atoms with Crippen LogP contribution in [0.4, 0.5) is 0 Å². The summed E-state index contributed by atoms with van der Waals surface area (Å²) in [5.74, 6) is 0.0827. The minimum Gasteiger partial charge on any atom is -0.507 e. The van der Waals surface area contributed by atoms with Gasteiger partial charge in [0.2, 0.25) is 0 Å². The van der Waals surface area contributed by atoms with Crippen LogP contribution >= 0.6 is 11.6 Å². The molecular weight excluding hydrogens is 280 g/mol. The number of carbonyl (C=O) groups is 1. The lowest BCUT2D eigenvalue weighted by molar-refractivity contribution is 0.0845. The second kappa shape index (κ2) is 4.72. The van der Waals surface area contributed by atoms with Crippen molar-refractivity contribution in [3.8, 4) is 17.2 Å². The highest BCUT2D eigenvalue weighted by molar-refractivity contribution is 6.32. The maximum absolute atomic E-state index is 12.1. The fourth-order valence-corrected chi connectivity index (χ4v) is 2.46. The summed E-state index contributed by atoms with van der Waals surface area (Å²) in [6.07, 6.45) is -0.360. The molecule has 102 valence electrons. The van der Waals surface area contributed by atoms with E-state index in [1.807, 2.05) is 0 Å². The summed E-state index contributed by atoms with van der Waals surface area (Å²) in [4.78, 5) is 12.1. The highest BCUT2D eigenvalue weighted by atomic mass is 35.5. The first-order valence-corrected chi connectivity index (χ1v) is 6.44. The smallest absolute Gasteiger partial charge is 0.174 e. The van der Waals surface area contributed by atoms with Crippen molar-refractivity contribution in [2.75, 3.05) is 0 Å². The number of ether oxygens (including phenoxy) is 1. The third-order valence-electron chi connectivity index (χ3n) is 3.27. The van der Waals surface area contributed by atoms with Crippen LogP contribution in [-0.2, 0) is 0 Å². The number of phenols is 2. The lowest BCUT2D eigenvalue weighted by Crippen LogP contribution is -2.20. The molecule has 0 amide bonds. The predicted molar refractivity (Wildman–Crippen MR) is 73.5 cm³/mol. The molecule has 0 radical (unpaired) electrons. The number of rotatable bonds is 1. The van der Waals surface area contributed by atoms with Crippen molar-refractivity contribution in [2.24, 2.45) is 0 Å². The number of benzene rings is 2. The Balaban J connectivity index is 1.99. The lowest BCUT2D eigenvalue weighted by Gasteiger charge is -2.26. The van der Waals surface area contributed by atoms with Crippen molar-refractivity contribution in [1.82, 2.24) is 0 Å². The van der Waals surface area contributed by atoms with Crippen LogP contribution in [0, 0.1) is 0 Å². The Morgan fingerprint density at radius 3 is 2.70 bits per heavy atom. The summed E-state index contributed by atoms with van der Waals surface area (Å²) in [5.41, 5.74) is 0.920. The third-order valence-corrected chi connectivity index (χ3v) is 3.57. The highest BCUT2D eigenvalue weighted by Crippen LogP contribution is 2.39. The average Bonchev–Trinajstić information content (AvgIpc) is 2.41. The zero-order valence-corrected chi connectivity index (χ0v) is 11.1. The van der Waals surface area contributed by atoms with E-state index in [0.717, 1.165) is 0 Å². The molecule has 0 saturated carbocycles. The van der Waals surface area contributed by atoms with Gasteiger partial charge in [0.15, 0.2) is 5.78 Å². The molecule has 1 aliphatic heterocycles. The molecule has 0 spiro atoms. The minimum absolute atomic E-state index is 0.0180. The molecule has 2 aromatic rings. The van der Waals surface area contributed by atoms with Crippen molar-refractivity contribution >= 4 is 17.4 Å². The van der Waals surface area contributed by atoms with E-state index in [0.29, 0.717) is 11.3 Å². The van der Waals surface area contributed by atoms with Gasteiger partial charge in [-0.05, 0) is 29.8 Å². The number of hydrogen-bond acceptors (Lipinski definition) is 4. The number of ketones is 1. The first-order valence-electron chi connectivity index (χ1n) is 6.06. The Morgan fingerprint density at radius 2 is 1.95 bits per heavy atom. The molecule has 20 heavy (non-hydrogen) atoms. The minimum atomic E-state index is -0.477. The van der Waals surface area contributed by atoms with Gasteiger partial charge >= 0.3 is 0 Å². The molecule has 4 nitrogen and oxygen atoms in total. The van der Waals surface area contributed by atoms with Crippen molar-refractivity contribution in [3.63, 3.8) is 0 Å². The van der Waals surface area contributed by atoms with Gasteiger partial charge in [0.25, 0.3) is 0 Å². The number of halogens is 1. The van der Waals surface area contributed by atoms with Crippen molar-refractivity contribution in [2.45, 2.75) is 12.5 Å². The fraction of sp³-hybridized carbons (Fsp3) is 0.133. The van der Waals surface area contributed by atoms with Crippen LogP contribution in [0.1, 0.15) is 28.4 Å². The molecule has 5 heteroatoms. The molecule has 2 N–H and O–H groups in total.